The van der Waals surface area contributed by atoms with Crippen LogP contribution in [-0.2, 0) is 11.2 Å². The van der Waals surface area contributed by atoms with Gasteiger partial charge in [-0.25, -0.2) is 0 Å². The van der Waals surface area contributed by atoms with Crippen LogP contribution in [0.3, 0.4) is 0 Å². The van der Waals surface area contributed by atoms with Crippen LogP contribution in [0.5, 0.6) is 11.5 Å². The molecule has 1 aliphatic heterocycles. The molecule has 1 unspecified atom stereocenters. The van der Waals surface area contributed by atoms with Gasteiger partial charge >= 0.3 is 0 Å². The summed E-state index contributed by atoms with van der Waals surface area (Å²) in [7, 11) is 3.26. The second-order valence-corrected chi connectivity index (χ2v) is 7.15. The fraction of sp³-hybridized carbons (Fsp3) is 0.350. The number of nitrogens with one attached hydrogen (secondary N) is 1. The zero-order valence-corrected chi connectivity index (χ0v) is 15.4. The van der Waals surface area contributed by atoms with Gasteiger partial charge in [0, 0.05) is 23.1 Å². The molecule has 3 rings (SSSR count). The summed E-state index contributed by atoms with van der Waals surface area (Å²) in [5.41, 5.74) is 2.26. The van der Waals surface area contributed by atoms with Crippen LogP contribution in [0, 0.1) is 0 Å². The van der Waals surface area contributed by atoms with Gasteiger partial charge in [-0.3, -0.25) is 4.79 Å². The summed E-state index contributed by atoms with van der Waals surface area (Å²) in [6, 6.07) is 14.2. The van der Waals surface area contributed by atoms with Crippen molar-refractivity contribution in [2.75, 3.05) is 20.0 Å². The van der Waals surface area contributed by atoms with E-state index in [9.17, 15) is 4.79 Å². The summed E-state index contributed by atoms with van der Waals surface area (Å²) in [6.07, 6.45) is 2.07. The number of fused-ring (bicyclic) bond motifs is 1. The normalized spacial score (nSPS) is 16.0. The fourth-order valence-electron chi connectivity index (χ4n) is 3.03. The van der Waals surface area contributed by atoms with Gasteiger partial charge in [0.05, 0.1) is 20.3 Å². The van der Waals surface area contributed by atoms with Crippen LogP contribution in [0.1, 0.15) is 30.0 Å². The van der Waals surface area contributed by atoms with E-state index in [1.54, 1.807) is 14.2 Å². The number of amides is 1. The number of benzene rings is 2. The van der Waals surface area contributed by atoms with Crippen molar-refractivity contribution in [3.63, 3.8) is 0 Å². The van der Waals surface area contributed by atoms with E-state index in [0.717, 1.165) is 29.2 Å². The molecule has 4 nitrogen and oxygen atoms in total. The molecule has 0 radical (unpaired) electrons. The highest BCUT2D eigenvalue weighted by Crippen LogP contribution is 2.35. The lowest BCUT2D eigenvalue weighted by molar-refractivity contribution is -0.121. The fourth-order valence-corrected chi connectivity index (χ4v) is 4.15. The first-order valence-corrected chi connectivity index (χ1v) is 9.41. The van der Waals surface area contributed by atoms with Gasteiger partial charge in [-0.1, -0.05) is 18.2 Å². The first kappa shape index (κ1) is 17.7. The average molecular weight is 357 g/mol. The van der Waals surface area contributed by atoms with Crippen molar-refractivity contribution < 1.29 is 14.3 Å². The molecule has 1 N–H and O–H groups in total. The Bertz CT molecular complexity index is 725. The highest BCUT2D eigenvalue weighted by molar-refractivity contribution is 7.99. The number of carbonyl (C=O) groups excluding carboxylic acids is 1. The van der Waals surface area contributed by atoms with E-state index in [1.165, 1.54) is 10.5 Å². The third-order valence-corrected chi connectivity index (χ3v) is 5.47. The maximum atomic E-state index is 12.4. The quantitative estimate of drug-likeness (QED) is 0.849. The molecule has 2 aromatic carbocycles. The SMILES string of the molecule is COc1cc(CCC(=O)NC2CCSc3ccccc32)cc(OC)c1. The summed E-state index contributed by atoms with van der Waals surface area (Å²) >= 11 is 1.86. The molecule has 0 fully saturated rings. The largest absolute Gasteiger partial charge is 0.497 e. The third-order valence-electron chi connectivity index (χ3n) is 4.35. The summed E-state index contributed by atoms with van der Waals surface area (Å²) in [5, 5.41) is 3.19. The Hall–Kier alpha value is -2.14. The van der Waals surface area contributed by atoms with E-state index in [1.807, 2.05) is 42.1 Å². The van der Waals surface area contributed by atoms with Crippen molar-refractivity contribution in [1.82, 2.24) is 5.32 Å². The van der Waals surface area contributed by atoms with Crippen molar-refractivity contribution in [2.45, 2.75) is 30.2 Å². The Balaban J connectivity index is 1.61. The van der Waals surface area contributed by atoms with Gasteiger partial charge in [0.15, 0.2) is 0 Å². The molecule has 2 aromatic rings. The lowest BCUT2D eigenvalue weighted by atomic mass is 10.0. The molecule has 0 spiro atoms. The molecule has 0 aliphatic carbocycles. The number of ether oxygens (including phenoxy) is 2. The second kappa shape index (κ2) is 8.30. The Morgan fingerprint density at radius 3 is 2.60 bits per heavy atom. The van der Waals surface area contributed by atoms with Crippen LogP contribution in [0.4, 0.5) is 0 Å². The van der Waals surface area contributed by atoms with Crippen LogP contribution in [0.25, 0.3) is 0 Å². The van der Waals surface area contributed by atoms with Gasteiger partial charge in [0.1, 0.15) is 11.5 Å². The molecule has 132 valence electrons. The molecule has 25 heavy (non-hydrogen) atoms. The highest BCUT2D eigenvalue weighted by atomic mass is 32.2. The Morgan fingerprint density at radius 2 is 1.88 bits per heavy atom. The van der Waals surface area contributed by atoms with E-state index < -0.39 is 0 Å². The Labute approximate surface area is 152 Å². The molecule has 0 saturated carbocycles. The van der Waals surface area contributed by atoms with Gasteiger partial charge in [-0.15, -0.1) is 11.8 Å². The van der Waals surface area contributed by atoms with Crippen LogP contribution in [-0.4, -0.2) is 25.9 Å². The predicted molar refractivity (Wildman–Crippen MR) is 101 cm³/mol. The van der Waals surface area contributed by atoms with E-state index in [0.29, 0.717) is 12.8 Å². The third kappa shape index (κ3) is 4.48. The maximum Gasteiger partial charge on any atom is 0.220 e. The van der Waals surface area contributed by atoms with Gasteiger partial charge in [-0.05, 0) is 42.2 Å². The minimum absolute atomic E-state index is 0.0773. The van der Waals surface area contributed by atoms with Crippen molar-refractivity contribution in [2.24, 2.45) is 0 Å². The zero-order chi connectivity index (χ0) is 17.6. The van der Waals surface area contributed by atoms with E-state index >= 15 is 0 Å². The number of carbonyl (C=O) groups is 1. The molecule has 0 aromatic heterocycles. The molecule has 1 heterocycles. The Morgan fingerprint density at radius 1 is 1.16 bits per heavy atom. The second-order valence-electron chi connectivity index (χ2n) is 6.02. The van der Waals surface area contributed by atoms with Crippen LogP contribution in [0.2, 0.25) is 0 Å². The molecular formula is C20H23NO3S. The number of hydrogen-bond acceptors (Lipinski definition) is 4. The van der Waals surface area contributed by atoms with Crippen molar-refractivity contribution in [3.05, 3.63) is 53.6 Å². The number of aryl methyl sites for hydroxylation is 1. The molecule has 1 atom stereocenters. The average Bonchev–Trinajstić information content (AvgIpc) is 2.66. The smallest absolute Gasteiger partial charge is 0.220 e. The molecule has 0 saturated heterocycles. The molecular weight excluding hydrogens is 334 g/mol. The number of rotatable bonds is 6. The number of hydrogen-bond donors (Lipinski definition) is 1. The number of thioether (sulfide) groups is 1. The van der Waals surface area contributed by atoms with E-state index in [4.69, 9.17) is 9.47 Å². The predicted octanol–water partition coefficient (Wildman–Crippen LogP) is 3.99. The minimum Gasteiger partial charge on any atom is -0.497 e. The Kier molecular flexibility index (Phi) is 5.87. The van der Waals surface area contributed by atoms with Gasteiger partial charge in [0.25, 0.3) is 0 Å². The van der Waals surface area contributed by atoms with Gasteiger partial charge < -0.3 is 14.8 Å². The van der Waals surface area contributed by atoms with E-state index in [2.05, 4.69) is 17.4 Å². The van der Waals surface area contributed by atoms with Gasteiger partial charge in [-0.2, -0.15) is 0 Å². The molecule has 0 bridgehead atoms. The lowest BCUT2D eigenvalue weighted by Gasteiger charge is -2.25. The first-order valence-electron chi connectivity index (χ1n) is 8.42. The molecule has 1 amide bonds. The van der Waals surface area contributed by atoms with E-state index in [-0.39, 0.29) is 11.9 Å². The van der Waals surface area contributed by atoms with Crippen molar-refractivity contribution >= 4 is 17.7 Å². The summed E-state index contributed by atoms with van der Waals surface area (Å²) in [4.78, 5) is 13.7. The maximum absolute atomic E-state index is 12.4. The topological polar surface area (TPSA) is 47.6 Å². The lowest BCUT2D eigenvalue weighted by Crippen LogP contribution is -2.30. The van der Waals surface area contributed by atoms with Crippen LogP contribution >= 0.6 is 11.8 Å². The minimum atomic E-state index is 0.0773. The number of methoxy groups -OCH3 is 2. The first-order chi connectivity index (χ1) is 12.2. The highest BCUT2D eigenvalue weighted by Gasteiger charge is 2.21. The summed E-state index contributed by atoms with van der Waals surface area (Å²) in [6.45, 7) is 0. The molecule has 5 heteroatoms. The van der Waals surface area contributed by atoms with Crippen LogP contribution in [0.15, 0.2) is 47.4 Å². The summed E-state index contributed by atoms with van der Waals surface area (Å²) < 4.78 is 10.6. The molecule has 1 aliphatic rings. The van der Waals surface area contributed by atoms with Crippen LogP contribution < -0.4 is 14.8 Å². The van der Waals surface area contributed by atoms with Crippen molar-refractivity contribution in [3.8, 4) is 11.5 Å². The summed E-state index contributed by atoms with van der Waals surface area (Å²) in [5.74, 6) is 2.60. The van der Waals surface area contributed by atoms with Gasteiger partial charge in [0.2, 0.25) is 5.91 Å². The monoisotopic (exact) mass is 357 g/mol. The zero-order valence-electron chi connectivity index (χ0n) is 14.6. The standard InChI is InChI=1S/C20H23NO3S/c1-23-15-11-14(12-16(13-15)24-2)7-8-20(22)21-18-9-10-25-19-6-4-3-5-17(18)19/h3-6,11-13,18H,7-10H2,1-2H3,(H,21,22). The van der Waals surface area contributed by atoms with Crippen molar-refractivity contribution in [1.29, 1.82) is 0 Å².